The standard InChI is InChI=1S/C14H22O/c1-5-7-8-9-10-12(6-2)11-13-14(3,4)15-13/h2,11,13H,5,7-10H2,1,3-4H3/b12-11+. The molecular formula is C14H22O. The Hall–Kier alpha value is -0.740. The summed E-state index contributed by atoms with van der Waals surface area (Å²) in [4.78, 5) is 0. The van der Waals surface area contributed by atoms with Crippen LogP contribution in [0.2, 0.25) is 0 Å². The summed E-state index contributed by atoms with van der Waals surface area (Å²) in [6.45, 7) is 6.41. The third kappa shape index (κ3) is 4.10. The molecule has 1 fully saturated rings. The van der Waals surface area contributed by atoms with Crippen LogP contribution in [-0.4, -0.2) is 11.7 Å². The summed E-state index contributed by atoms with van der Waals surface area (Å²) in [5.74, 6) is 2.77. The lowest BCUT2D eigenvalue weighted by Crippen LogP contribution is -2.00. The Morgan fingerprint density at radius 1 is 1.40 bits per heavy atom. The van der Waals surface area contributed by atoms with E-state index in [1.807, 2.05) is 0 Å². The van der Waals surface area contributed by atoms with Crippen LogP contribution in [0.3, 0.4) is 0 Å². The molecule has 1 aliphatic rings. The van der Waals surface area contributed by atoms with E-state index in [2.05, 4.69) is 32.8 Å². The lowest BCUT2D eigenvalue weighted by molar-refractivity contribution is 0.333. The summed E-state index contributed by atoms with van der Waals surface area (Å²) >= 11 is 0. The molecule has 1 nitrogen and oxygen atoms in total. The molecule has 0 aromatic heterocycles. The van der Waals surface area contributed by atoms with Gasteiger partial charge < -0.3 is 4.74 Å². The van der Waals surface area contributed by atoms with Crippen molar-refractivity contribution in [2.24, 2.45) is 0 Å². The molecule has 0 amide bonds. The highest BCUT2D eigenvalue weighted by Gasteiger charge is 2.46. The van der Waals surface area contributed by atoms with Crippen LogP contribution in [0, 0.1) is 12.3 Å². The molecule has 1 saturated heterocycles. The van der Waals surface area contributed by atoms with Gasteiger partial charge >= 0.3 is 0 Å². The zero-order valence-corrected chi connectivity index (χ0v) is 10.2. The predicted octanol–water partition coefficient (Wildman–Crippen LogP) is 3.69. The van der Waals surface area contributed by atoms with Gasteiger partial charge in [-0.3, -0.25) is 0 Å². The van der Waals surface area contributed by atoms with Crippen molar-refractivity contribution in [3.63, 3.8) is 0 Å². The normalized spacial score (nSPS) is 23.6. The van der Waals surface area contributed by atoms with E-state index in [9.17, 15) is 0 Å². The number of ether oxygens (including phenoxy) is 1. The van der Waals surface area contributed by atoms with Crippen LogP contribution in [0.15, 0.2) is 11.6 Å². The first-order valence-electron chi connectivity index (χ1n) is 5.95. The Kier molecular flexibility index (Phi) is 4.42. The first-order valence-corrected chi connectivity index (χ1v) is 5.95. The number of terminal acetylenes is 1. The van der Waals surface area contributed by atoms with Gasteiger partial charge in [0.1, 0.15) is 6.10 Å². The van der Waals surface area contributed by atoms with Gasteiger partial charge in [0.2, 0.25) is 0 Å². The SMILES string of the molecule is C#C/C(=C\C1OC1(C)C)CCCCCC. The monoisotopic (exact) mass is 206 g/mol. The zero-order valence-electron chi connectivity index (χ0n) is 10.2. The van der Waals surface area contributed by atoms with E-state index < -0.39 is 0 Å². The molecule has 15 heavy (non-hydrogen) atoms. The minimum atomic E-state index is 0.0194. The molecule has 1 heterocycles. The maximum Gasteiger partial charge on any atom is 0.106 e. The van der Waals surface area contributed by atoms with E-state index in [-0.39, 0.29) is 11.7 Å². The lowest BCUT2D eigenvalue weighted by atomic mass is 10.0. The number of epoxide rings is 1. The van der Waals surface area contributed by atoms with Gasteiger partial charge in [-0.25, -0.2) is 0 Å². The van der Waals surface area contributed by atoms with Crippen LogP contribution >= 0.6 is 0 Å². The van der Waals surface area contributed by atoms with Crippen molar-refractivity contribution in [1.29, 1.82) is 0 Å². The second kappa shape index (κ2) is 5.37. The molecule has 0 N–H and O–H groups in total. The molecule has 0 radical (unpaired) electrons. The van der Waals surface area contributed by atoms with Gasteiger partial charge in [0.05, 0.1) is 5.60 Å². The van der Waals surface area contributed by atoms with Crippen molar-refractivity contribution < 1.29 is 4.74 Å². The molecule has 0 aromatic carbocycles. The molecule has 1 aliphatic heterocycles. The smallest absolute Gasteiger partial charge is 0.106 e. The van der Waals surface area contributed by atoms with E-state index in [0.29, 0.717) is 0 Å². The molecule has 0 saturated carbocycles. The van der Waals surface area contributed by atoms with Crippen LogP contribution in [-0.2, 0) is 4.74 Å². The number of unbranched alkanes of at least 4 members (excludes halogenated alkanes) is 3. The maximum absolute atomic E-state index is 5.49. The Labute approximate surface area is 93.9 Å². The molecule has 1 rings (SSSR count). The Morgan fingerprint density at radius 2 is 2.07 bits per heavy atom. The zero-order chi connectivity index (χ0) is 11.3. The van der Waals surface area contributed by atoms with Crippen LogP contribution in [0.4, 0.5) is 0 Å². The topological polar surface area (TPSA) is 12.5 Å². The number of hydrogen-bond donors (Lipinski definition) is 0. The number of rotatable bonds is 6. The quantitative estimate of drug-likeness (QED) is 0.367. The Bertz CT molecular complexity index is 268. The van der Waals surface area contributed by atoms with Gasteiger partial charge in [-0.05, 0) is 32.8 Å². The summed E-state index contributed by atoms with van der Waals surface area (Å²) < 4.78 is 5.49. The second-order valence-electron chi connectivity index (χ2n) is 4.79. The van der Waals surface area contributed by atoms with E-state index in [0.717, 1.165) is 12.0 Å². The fraction of sp³-hybridized carbons (Fsp3) is 0.714. The molecule has 84 valence electrons. The van der Waals surface area contributed by atoms with Gasteiger partial charge in [-0.2, -0.15) is 0 Å². The van der Waals surface area contributed by atoms with Gasteiger partial charge in [-0.1, -0.05) is 32.1 Å². The largest absolute Gasteiger partial charge is 0.362 e. The van der Waals surface area contributed by atoms with Crippen LogP contribution in [0.25, 0.3) is 0 Å². The van der Waals surface area contributed by atoms with E-state index in [1.165, 1.54) is 25.7 Å². The van der Waals surface area contributed by atoms with Gasteiger partial charge in [-0.15, -0.1) is 6.42 Å². The van der Waals surface area contributed by atoms with E-state index >= 15 is 0 Å². The maximum atomic E-state index is 5.49. The highest BCUT2D eigenvalue weighted by atomic mass is 16.6. The molecule has 0 spiro atoms. The number of allylic oxidation sites excluding steroid dienone is 1. The average Bonchev–Trinajstić information content (AvgIpc) is 2.79. The molecule has 1 heteroatoms. The highest BCUT2D eigenvalue weighted by molar-refractivity contribution is 5.29. The van der Waals surface area contributed by atoms with E-state index in [4.69, 9.17) is 11.2 Å². The fourth-order valence-electron chi connectivity index (χ4n) is 1.66. The Balaban J connectivity index is 2.28. The van der Waals surface area contributed by atoms with Crippen molar-refractivity contribution in [2.45, 2.75) is 64.6 Å². The molecular weight excluding hydrogens is 184 g/mol. The van der Waals surface area contributed by atoms with E-state index in [1.54, 1.807) is 0 Å². The van der Waals surface area contributed by atoms with Crippen LogP contribution in [0.1, 0.15) is 52.9 Å². The summed E-state index contributed by atoms with van der Waals surface area (Å²) in [5.41, 5.74) is 1.13. The average molecular weight is 206 g/mol. The van der Waals surface area contributed by atoms with Gasteiger partial charge in [0.15, 0.2) is 0 Å². The van der Waals surface area contributed by atoms with Crippen molar-refractivity contribution in [3.05, 3.63) is 11.6 Å². The third-order valence-corrected chi connectivity index (χ3v) is 2.90. The summed E-state index contributed by atoms with van der Waals surface area (Å²) in [6, 6.07) is 0. The molecule has 1 atom stereocenters. The number of hydrogen-bond acceptors (Lipinski definition) is 1. The van der Waals surface area contributed by atoms with Crippen molar-refractivity contribution >= 4 is 0 Å². The van der Waals surface area contributed by atoms with Gasteiger partial charge in [0.25, 0.3) is 0 Å². The predicted molar refractivity (Wildman–Crippen MR) is 64.6 cm³/mol. The molecule has 0 bridgehead atoms. The molecule has 1 unspecified atom stereocenters. The van der Waals surface area contributed by atoms with Crippen LogP contribution in [0.5, 0.6) is 0 Å². The van der Waals surface area contributed by atoms with Crippen molar-refractivity contribution in [2.75, 3.05) is 0 Å². The van der Waals surface area contributed by atoms with Gasteiger partial charge in [0, 0.05) is 5.57 Å². The lowest BCUT2D eigenvalue weighted by Gasteiger charge is -1.99. The minimum Gasteiger partial charge on any atom is -0.362 e. The molecule has 0 aromatic rings. The summed E-state index contributed by atoms with van der Waals surface area (Å²) in [7, 11) is 0. The second-order valence-corrected chi connectivity index (χ2v) is 4.79. The minimum absolute atomic E-state index is 0.0194. The summed E-state index contributed by atoms with van der Waals surface area (Å²) in [5, 5.41) is 0. The first kappa shape index (κ1) is 12.3. The molecule has 0 aliphatic carbocycles. The Morgan fingerprint density at radius 3 is 2.53 bits per heavy atom. The fourth-order valence-corrected chi connectivity index (χ4v) is 1.66. The van der Waals surface area contributed by atoms with Crippen molar-refractivity contribution in [1.82, 2.24) is 0 Å². The highest BCUT2D eigenvalue weighted by Crippen LogP contribution is 2.37. The van der Waals surface area contributed by atoms with Crippen LogP contribution < -0.4 is 0 Å². The third-order valence-electron chi connectivity index (χ3n) is 2.90. The first-order chi connectivity index (χ1) is 7.10. The van der Waals surface area contributed by atoms with Crippen molar-refractivity contribution in [3.8, 4) is 12.3 Å². The summed E-state index contributed by atoms with van der Waals surface area (Å²) in [6.07, 6.45) is 13.9.